The topological polar surface area (TPSA) is 143 Å². The van der Waals surface area contributed by atoms with Gasteiger partial charge in [-0.3, -0.25) is 9.59 Å². The van der Waals surface area contributed by atoms with Crippen LogP contribution in [0.5, 0.6) is 0 Å². The molecule has 42 heavy (non-hydrogen) atoms. The van der Waals surface area contributed by atoms with E-state index in [-0.39, 0.29) is 24.9 Å². The second-order valence-electron chi connectivity index (χ2n) is 12.6. The lowest BCUT2D eigenvalue weighted by Gasteiger charge is -2.31. The third-order valence-corrected chi connectivity index (χ3v) is 7.18. The van der Waals surface area contributed by atoms with Crippen molar-refractivity contribution in [3.05, 3.63) is 35.9 Å². The van der Waals surface area contributed by atoms with Crippen LogP contribution in [0, 0.1) is 11.8 Å². The summed E-state index contributed by atoms with van der Waals surface area (Å²) in [5, 5.41) is 19.2. The maximum absolute atomic E-state index is 13.6. The van der Waals surface area contributed by atoms with Gasteiger partial charge in [0.15, 0.2) is 6.10 Å². The number of aliphatic hydroxyl groups is 1. The quantitative estimate of drug-likeness (QED) is 0.240. The van der Waals surface area contributed by atoms with Gasteiger partial charge in [-0.05, 0) is 57.9 Å². The van der Waals surface area contributed by atoms with Crippen LogP contribution in [0.15, 0.2) is 30.3 Å². The van der Waals surface area contributed by atoms with E-state index in [2.05, 4.69) is 16.0 Å². The van der Waals surface area contributed by atoms with Gasteiger partial charge in [0.2, 0.25) is 11.8 Å². The van der Waals surface area contributed by atoms with Crippen molar-refractivity contribution in [2.45, 2.75) is 123 Å². The van der Waals surface area contributed by atoms with Gasteiger partial charge in [-0.2, -0.15) is 0 Å². The Hall–Kier alpha value is -3.14. The smallest absolute Gasteiger partial charge is 0.408 e. The van der Waals surface area contributed by atoms with Crippen LogP contribution < -0.4 is 16.0 Å². The van der Waals surface area contributed by atoms with E-state index in [9.17, 15) is 24.3 Å². The van der Waals surface area contributed by atoms with Gasteiger partial charge in [0.25, 0.3) is 0 Å². The summed E-state index contributed by atoms with van der Waals surface area (Å²) in [5.41, 5.74) is 0.0639. The number of rotatable bonds is 14. The zero-order chi connectivity index (χ0) is 31.3. The molecule has 0 radical (unpaired) electrons. The first kappa shape index (κ1) is 35.1. The number of benzene rings is 1. The fraction of sp³-hybridized carbons (Fsp3) is 0.688. The number of hydrogen-bond donors (Lipinski definition) is 4. The average molecular weight is 590 g/mol. The molecule has 10 heteroatoms. The van der Waals surface area contributed by atoms with Crippen molar-refractivity contribution in [3.8, 4) is 0 Å². The first-order chi connectivity index (χ1) is 19.8. The van der Waals surface area contributed by atoms with Crippen molar-refractivity contribution in [1.82, 2.24) is 16.0 Å². The third-order valence-electron chi connectivity index (χ3n) is 7.18. The highest BCUT2D eigenvalue weighted by Crippen LogP contribution is 2.28. The second-order valence-corrected chi connectivity index (χ2v) is 12.6. The predicted molar refractivity (Wildman–Crippen MR) is 160 cm³/mol. The number of amides is 3. The van der Waals surface area contributed by atoms with Gasteiger partial charge in [-0.1, -0.05) is 76.3 Å². The lowest BCUT2D eigenvalue weighted by atomic mass is 9.83. The lowest BCUT2D eigenvalue weighted by Crippen LogP contribution is -2.58. The SMILES string of the molecule is CCOC(=O)[C@@H](O)[C@@H](CC1CCCCC1)NC(=O)[C@H](CC(C)C)NC(=O)[C@H](Cc1ccccc1)NC(=O)OC(C)(C)C. The fourth-order valence-corrected chi connectivity index (χ4v) is 5.21. The monoisotopic (exact) mass is 589 g/mol. The summed E-state index contributed by atoms with van der Waals surface area (Å²) >= 11 is 0. The molecule has 4 N–H and O–H groups in total. The van der Waals surface area contributed by atoms with Crippen LogP contribution in [0.3, 0.4) is 0 Å². The first-order valence-corrected chi connectivity index (χ1v) is 15.3. The minimum atomic E-state index is -1.52. The van der Waals surface area contributed by atoms with Gasteiger partial charge in [0, 0.05) is 6.42 Å². The largest absolute Gasteiger partial charge is 0.464 e. The van der Waals surface area contributed by atoms with Crippen molar-refractivity contribution in [1.29, 1.82) is 0 Å². The van der Waals surface area contributed by atoms with Crippen molar-refractivity contribution < 1.29 is 33.8 Å². The summed E-state index contributed by atoms with van der Waals surface area (Å²) in [6.07, 6.45) is 3.89. The molecule has 0 heterocycles. The molecular formula is C32H51N3O7. The summed E-state index contributed by atoms with van der Waals surface area (Å²) in [4.78, 5) is 52.3. The zero-order valence-electron chi connectivity index (χ0n) is 26.1. The summed E-state index contributed by atoms with van der Waals surface area (Å²) < 4.78 is 10.4. The molecule has 4 atom stereocenters. The van der Waals surface area contributed by atoms with Gasteiger partial charge >= 0.3 is 12.1 Å². The van der Waals surface area contributed by atoms with Crippen molar-refractivity contribution in [2.24, 2.45) is 11.8 Å². The molecule has 0 spiro atoms. The standard InChI is InChI=1S/C32H51N3O7/c1-7-41-30(39)27(36)24(19-22-14-10-8-11-15-22)33-28(37)25(18-21(2)3)34-29(38)26(20-23-16-12-9-13-17-23)35-31(40)42-32(4,5)6/h9,12-13,16-17,21-22,24-27,36H,7-8,10-11,14-15,18-20H2,1-6H3,(H,33,37)(H,34,38)(H,35,40)/t24-,25+,26+,27+/m1/s1. The number of ether oxygens (including phenoxy) is 2. The molecule has 1 aromatic carbocycles. The molecule has 0 bridgehead atoms. The van der Waals surface area contributed by atoms with E-state index in [1.54, 1.807) is 27.7 Å². The van der Waals surface area contributed by atoms with E-state index < -0.39 is 53.7 Å². The van der Waals surface area contributed by atoms with Gasteiger partial charge < -0.3 is 30.5 Å². The molecular weight excluding hydrogens is 538 g/mol. The minimum Gasteiger partial charge on any atom is -0.464 e. The molecule has 1 aliphatic rings. The summed E-state index contributed by atoms with van der Waals surface area (Å²) in [6, 6.07) is 6.42. The Morgan fingerprint density at radius 1 is 0.929 bits per heavy atom. The molecule has 10 nitrogen and oxygen atoms in total. The van der Waals surface area contributed by atoms with Crippen LogP contribution in [0.25, 0.3) is 0 Å². The molecule has 2 rings (SSSR count). The molecule has 0 aliphatic heterocycles. The van der Waals surface area contributed by atoms with Crippen LogP contribution >= 0.6 is 0 Å². The van der Waals surface area contributed by atoms with E-state index in [0.717, 1.165) is 37.7 Å². The van der Waals surface area contributed by atoms with E-state index >= 15 is 0 Å². The Morgan fingerprint density at radius 3 is 2.12 bits per heavy atom. The molecule has 0 aromatic heterocycles. The van der Waals surface area contributed by atoms with Crippen LogP contribution in [0.4, 0.5) is 4.79 Å². The van der Waals surface area contributed by atoms with E-state index in [1.807, 2.05) is 44.2 Å². The van der Waals surface area contributed by atoms with Crippen molar-refractivity contribution in [3.63, 3.8) is 0 Å². The first-order valence-electron chi connectivity index (χ1n) is 15.3. The number of carbonyl (C=O) groups excluding carboxylic acids is 4. The molecule has 3 amide bonds. The Labute approximate surface area is 250 Å². The second kappa shape index (κ2) is 17.1. The Balaban J connectivity index is 2.24. The number of alkyl carbamates (subject to hydrolysis) is 1. The minimum absolute atomic E-state index is 0.0409. The lowest BCUT2D eigenvalue weighted by molar-refractivity contribution is -0.155. The third kappa shape index (κ3) is 12.8. The molecule has 0 unspecified atom stereocenters. The zero-order valence-corrected chi connectivity index (χ0v) is 26.1. The highest BCUT2D eigenvalue weighted by Gasteiger charge is 2.35. The highest BCUT2D eigenvalue weighted by atomic mass is 16.6. The Bertz CT molecular complexity index is 1000. The number of esters is 1. The van der Waals surface area contributed by atoms with Crippen molar-refractivity contribution >= 4 is 23.9 Å². The van der Waals surface area contributed by atoms with Gasteiger partial charge in [0.1, 0.15) is 17.7 Å². The van der Waals surface area contributed by atoms with E-state index in [1.165, 1.54) is 0 Å². The van der Waals surface area contributed by atoms with Gasteiger partial charge in [-0.25, -0.2) is 9.59 Å². The van der Waals surface area contributed by atoms with Crippen LogP contribution in [-0.4, -0.2) is 65.4 Å². The molecule has 1 aliphatic carbocycles. The number of aliphatic hydroxyl groups excluding tert-OH is 1. The Kier molecular flexibility index (Phi) is 14.3. The maximum atomic E-state index is 13.6. The molecule has 0 saturated heterocycles. The fourth-order valence-electron chi connectivity index (χ4n) is 5.21. The highest BCUT2D eigenvalue weighted by molar-refractivity contribution is 5.92. The average Bonchev–Trinajstić information content (AvgIpc) is 2.91. The predicted octanol–water partition coefficient (Wildman–Crippen LogP) is 4.03. The number of nitrogens with one attached hydrogen (secondary N) is 3. The van der Waals surface area contributed by atoms with Crippen LogP contribution in [-0.2, 0) is 30.3 Å². The van der Waals surface area contributed by atoms with Crippen LogP contribution in [0.1, 0.15) is 92.1 Å². The number of carbonyl (C=O) groups is 4. The normalized spacial score (nSPS) is 17.0. The van der Waals surface area contributed by atoms with Gasteiger partial charge in [0.05, 0.1) is 12.6 Å². The van der Waals surface area contributed by atoms with E-state index in [0.29, 0.717) is 12.8 Å². The van der Waals surface area contributed by atoms with Crippen molar-refractivity contribution in [2.75, 3.05) is 6.61 Å². The number of hydrogen-bond acceptors (Lipinski definition) is 7. The molecule has 1 fully saturated rings. The van der Waals surface area contributed by atoms with E-state index in [4.69, 9.17) is 9.47 Å². The summed E-state index contributed by atoms with van der Waals surface area (Å²) in [6.45, 7) is 10.8. The molecule has 236 valence electrons. The Morgan fingerprint density at radius 2 is 1.55 bits per heavy atom. The maximum Gasteiger partial charge on any atom is 0.408 e. The molecule has 1 saturated carbocycles. The summed E-state index contributed by atoms with van der Waals surface area (Å²) in [5.74, 6) is -1.52. The van der Waals surface area contributed by atoms with Gasteiger partial charge in [-0.15, -0.1) is 0 Å². The molecule has 1 aromatic rings. The summed E-state index contributed by atoms with van der Waals surface area (Å²) in [7, 11) is 0. The van der Waals surface area contributed by atoms with Crippen LogP contribution in [0.2, 0.25) is 0 Å².